The second-order valence-corrected chi connectivity index (χ2v) is 3.93. The quantitative estimate of drug-likeness (QED) is 0.813. The Bertz CT molecular complexity index is 435. The van der Waals surface area contributed by atoms with E-state index in [9.17, 15) is 0 Å². The molecule has 2 nitrogen and oxygen atoms in total. The minimum absolute atomic E-state index is 0.140. The van der Waals surface area contributed by atoms with Crippen molar-refractivity contribution in [3.63, 3.8) is 0 Å². The van der Waals surface area contributed by atoms with Crippen LogP contribution >= 0.6 is 11.6 Å². The summed E-state index contributed by atoms with van der Waals surface area (Å²) in [5.41, 5.74) is 1.70. The second kappa shape index (κ2) is 6.94. The van der Waals surface area contributed by atoms with Gasteiger partial charge in [-0.1, -0.05) is 48.0 Å². The Morgan fingerprint density at radius 1 is 1.00 bits per heavy atom. The van der Waals surface area contributed by atoms with E-state index in [1.165, 1.54) is 0 Å². The van der Waals surface area contributed by atoms with E-state index >= 15 is 0 Å². The van der Waals surface area contributed by atoms with Crippen LogP contribution in [0.5, 0.6) is 5.75 Å². The molecule has 0 aromatic heterocycles. The number of phenols is 1. The first-order valence-corrected chi connectivity index (χ1v) is 5.62. The van der Waals surface area contributed by atoms with E-state index < -0.39 is 0 Å². The average Bonchev–Trinajstić information content (AvgIpc) is 2.37. The van der Waals surface area contributed by atoms with E-state index in [-0.39, 0.29) is 12.4 Å². The second-order valence-electron chi connectivity index (χ2n) is 3.53. The molecule has 0 aliphatic rings. The fraction of sp³-hybridized carbons (Fsp3) is 0.143. The first-order valence-electron chi connectivity index (χ1n) is 5.24. The summed E-state index contributed by atoms with van der Waals surface area (Å²) >= 11 is 5.65. The molecule has 2 rings (SSSR count). The van der Waals surface area contributed by atoms with Crippen LogP contribution in [0.2, 0.25) is 5.02 Å². The molecule has 0 radical (unpaired) electrons. The number of rotatable bonds is 1. The van der Waals surface area contributed by atoms with Crippen molar-refractivity contribution in [1.29, 1.82) is 0 Å². The van der Waals surface area contributed by atoms with Crippen LogP contribution in [0.3, 0.4) is 0 Å². The van der Waals surface area contributed by atoms with Gasteiger partial charge in [-0.15, -0.1) is 0 Å². The zero-order valence-corrected chi connectivity index (χ0v) is 10.4. The standard InChI is InChI=1S/C7H7ClO.C7H8O/c1-5-6(8)3-2-4-7(5)9;8-6-7-4-2-1-3-5-7/h2-4,9H,1H3;1-5,8H,6H2. The summed E-state index contributed by atoms with van der Waals surface area (Å²) in [6, 6.07) is 14.6. The summed E-state index contributed by atoms with van der Waals surface area (Å²) in [6.07, 6.45) is 0. The highest BCUT2D eigenvalue weighted by atomic mass is 35.5. The molecule has 0 atom stereocenters. The molecule has 0 heterocycles. The lowest BCUT2D eigenvalue weighted by Crippen LogP contribution is -1.77. The summed E-state index contributed by atoms with van der Waals surface area (Å²) in [5.74, 6) is 0.252. The third-order valence-corrected chi connectivity index (χ3v) is 2.67. The fourth-order valence-electron chi connectivity index (χ4n) is 1.18. The molecule has 0 unspecified atom stereocenters. The predicted octanol–water partition coefficient (Wildman–Crippen LogP) is 3.53. The van der Waals surface area contributed by atoms with Gasteiger partial charge in [0.05, 0.1) is 6.61 Å². The summed E-state index contributed by atoms with van der Waals surface area (Å²) in [5, 5.41) is 18.2. The first kappa shape index (κ1) is 13.6. The largest absolute Gasteiger partial charge is 0.508 e. The predicted molar refractivity (Wildman–Crippen MR) is 70.2 cm³/mol. The Morgan fingerprint density at radius 2 is 1.65 bits per heavy atom. The maximum absolute atomic E-state index is 9.02. The average molecular weight is 251 g/mol. The van der Waals surface area contributed by atoms with Gasteiger partial charge in [-0.3, -0.25) is 0 Å². The van der Waals surface area contributed by atoms with Crippen molar-refractivity contribution in [2.75, 3.05) is 0 Å². The molecule has 2 aromatic rings. The molecule has 0 saturated carbocycles. The molecular weight excluding hydrogens is 236 g/mol. The van der Waals surface area contributed by atoms with Crippen molar-refractivity contribution in [2.45, 2.75) is 13.5 Å². The van der Waals surface area contributed by atoms with Crippen LogP contribution in [0.4, 0.5) is 0 Å². The van der Waals surface area contributed by atoms with Crippen molar-refractivity contribution in [3.05, 3.63) is 64.7 Å². The summed E-state index contributed by atoms with van der Waals surface area (Å²) in [6.45, 7) is 1.92. The van der Waals surface area contributed by atoms with Crippen molar-refractivity contribution in [2.24, 2.45) is 0 Å². The zero-order valence-electron chi connectivity index (χ0n) is 9.60. The molecule has 17 heavy (non-hydrogen) atoms. The Kier molecular flexibility index (Phi) is 5.53. The molecule has 0 bridgehead atoms. The van der Waals surface area contributed by atoms with Gasteiger partial charge in [0.2, 0.25) is 0 Å². The number of halogens is 1. The monoisotopic (exact) mass is 250 g/mol. The van der Waals surface area contributed by atoms with Crippen LogP contribution < -0.4 is 0 Å². The smallest absolute Gasteiger partial charge is 0.119 e. The summed E-state index contributed by atoms with van der Waals surface area (Å²) in [4.78, 5) is 0. The lowest BCUT2D eigenvalue weighted by molar-refractivity contribution is 0.282. The molecule has 0 spiro atoms. The maximum Gasteiger partial charge on any atom is 0.119 e. The number of aliphatic hydroxyl groups is 1. The van der Waals surface area contributed by atoms with Crippen molar-refractivity contribution in [3.8, 4) is 5.75 Å². The first-order chi connectivity index (χ1) is 8.15. The van der Waals surface area contributed by atoms with E-state index in [0.29, 0.717) is 5.02 Å². The van der Waals surface area contributed by atoms with Gasteiger partial charge in [-0.25, -0.2) is 0 Å². The third-order valence-electron chi connectivity index (χ3n) is 2.26. The summed E-state index contributed by atoms with van der Waals surface area (Å²) < 4.78 is 0. The number of hydrogen-bond donors (Lipinski definition) is 2. The van der Waals surface area contributed by atoms with E-state index in [2.05, 4.69) is 0 Å². The molecule has 0 amide bonds. The van der Waals surface area contributed by atoms with Crippen LogP contribution in [-0.4, -0.2) is 10.2 Å². The molecule has 2 aromatic carbocycles. The number of hydrogen-bond acceptors (Lipinski definition) is 2. The number of phenolic OH excluding ortho intramolecular Hbond substituents is 1. The van der Waals surface area contributed by atoms with Crippen molar-refractivity contribution < 1.29 is 10.2 Å². The van der Waals surface area contributed by atoms with Gasteiger partial charge in [-0.2, -0.15) is 0 Å². The lowest BCUT2D eigenvalue weighted by Gasteiger charge is -1.97. The lowest BCUT2D eigenvalue weighted by atomic mass is 10.2. The zero-order chi connectivity index (χ0) is 12.7. The Labute approximate surface area is 106 Å². The van der Waals surface area contributed by atoms with Crippen molar-refractivity contribution >= 4 is 11.6 Å². The van der Waals surface area contributed by atoms with Gasteiger partial charge in [0.1, 0.15) is 5.75 Å². The number of aliphatic hydroxyl groups excluding tert-OH is 1. The highest BCUT2D eigenvalue weighted by Crippen LogP contribution is 2.22. The minimum Gasteiger partial charge on any atom is -0.508 e. The van der Waals surface area contributed by atoms with E-state index in [4.69, 9.17) is 21.8 Å². The highest BCUT2D eigenvalue weighted by molar-refractivity contribution is 6.31. The van der Waals surface area contributed by atoms with Gasteiger partial charge in [0, 0.05) is 10.6 Å². The van der Waals surface area contributed by atoms with Crippen LogP contribution in [0, 0.1) is 6.92 Å². The third kappa shape index (κ3) is 4.47. The molecule has 3 heteroatoms. The van der Waals surface area contributed by atoms with E-state index in [0.717, 1.165) is 11.1 Å². The fourth-order valence-corrected chi connectivity index (χ4v) is 1.35. The molecule has 90 valence electrons. The van der Waals surface area contributed by atoms with Gasteiger partial charge < -0.3 is 10.2 Å². The maximum atomic E-state index is 9.02. The molecule has 0 fully saturated rings. The topological polar surface area (TPSA) is 40.5 Å². The normalized spacial score (nSPS) is 9.35. The number of aromatic hydroxyl groups is 1. The van der Waals surface area contributed by atoms with Gasteiger partial charge in [-0.05, 0) is 24.6 Å². The van der Waals surface area contributed by atoms with E-state index in [1.807, 2.05) is 30.3 Å². The molecule has 0 aliphatic heterocycles. The van der Waals surface area contributed by atoms with Gasteiger partial charge in [0.15, 0.2) is 0 Å². The van der Waals surface area contributed by atoms with Gasteiger partial charge >= 0.3 is 0 Å². The van der Waals surface area contributed by atoms with Gasteiger partial charge in [0.25, 0.3) is 0 Å². The SMILES string of the molecule is Cc1c(O)cccc1Cl.OCc1ccccc1. The van der Waals surface area contributed by atoms with Crippen molar-refractivity contribution in [1.82, 2.24) is 0 Å². The van der Waals surface area contributed by atoms with E-state index in [1.54, 1.807) is 25.1 Å². The minimum atomic E-state index is 0.140. The Morgan fingerprint density at radius 3 is 2.06 bits per heavy atom. The van der Waals surface area contributed by atoms with Crippen LogP contribution in [-0.2, 0) is 6.61 Å². The summed E-state index contributed by atoms with van der Waals surface area (Å²) in [7, 11) is 0. The number of benzene rings is 2. The molecular formula is C14H15ClO2. The molecule has 0 saturated heterocycles. The molecule has 0 aliphatic carbocycles. The van der Waals surface area contributed by atoms with Crippen LogP contribution in [0.15, 0.2) is 48.5 Å². The highest BCUT2D eigenvalue weighted by Gasteiger charge is 1.96. The van der Waals surface area contributed by atoms with Crippen LogP contribution in [0.1, 0.15) is 11.1 Å². The Hall–Kier alpha value is -1.51. The van der Waals surface area contributed by atoms with Crippen LogP contribution in [0.25, 0.3) is 0 Å². The Balaban J connectivity index is 0.000000171. The molecule has 2 N–H and O–H groups in total.